The highest BCUT2D eigenvalue weighted by Crippen LogP contribution is 2.29. The van der Waals surface area contributed by atoms with Gasteiger partial charge in [0.15, 0.2) is 11.6 Å². The Morgan fingerprint density at radius 3 is 3.10 bits per heavy atom. The molecule has 112 valence electrons. The van der Waals surface area contributed by atoms with Crippen LogP contribution in [0.2, 0.25) is 0 Å². The summed E-state index contributed by atoms with van der Waals surface area (Å²) < 4.78 is 5.98. The number of nitrogens with zero attached hydrogens (tertiary/aromatic N) is 3. The zero-order chi connectivity index (χ0) is 14.2. The summed E-state index contributed by atoms with van der Waals surface area (Å²) in [5, 5.41) is 0. The third-order valence-corrected chi connectivity index (χ3v) is 4.93. The Kier molecular flexibility index (Phi) is 3.47. The fraction of sp³-hybridized carbons (Fsp3) is 0.688. The van der Waals surface area contributed by atoms with Crippen molar-refractivity contribution in [3.05, 3.63) is 23.3 Å². The molecule has 0 saturated carbocycles. The molecule has 0 spiro atoms. The first-order valence-electron chi connectivity index (χ1n) is 8.06. The lowest BCUT2D eigenvalue weighted by molar-refractivity contribution is -0.0542. The topological polar surface area (TPSA) is 55.3 Å². The summed E-state index contributed by atoms with van der Waals surface area (Å²) in [5.74, 6) is 0.951. The van der Waals surface area contributed by atoms with Crippen LogP contribution in [0.15, 0.2) is 6.20 Å². The maximum absolute atomic E-state index is 12.0. The average Bonchev–Trinajstić information content (AvgIpc) is 2.90. The molecule has 0 N–H and O–H groups in total. The Balaban J connectivity index is 1.58. The van der Waals surface area contributed by atoms with Gasteiger partial charge in [-0.1, -0.05) is 0 Å². The number of rotatable bonds is 1. The molecule has 3 aliphatic rings. The van der Waals surface area contributed by atoms with E-state index in [4.69, 9.17) is 4.74 Å². The Hall–Kier alpha value is -1.33. The van der Waals surface area contributed by atoms with E-state index < -0.39 is 0 Å². The highest BCUT2D eigenvalue weighted by Gasteiger charge is 2.34. The summed E-state index contributed by atoms with van der Waals surface area (Å²) in [5.41, 5.74) is 1.65. The highest BCUT2D eigenvalue weighted by molar-refractivity contribution is 5.97. The molecule has 0 aromatic carbocycles. The van der Waals surface area contributed by atoms with Crippen molar-refractivity contribution in [2.24, 2.45) is 0 Å². The number of aromatic nitrogens is 2. The number of ether oxygens (including phenoxy) is 1. The van der Waals surface area contributed by atoms with Gasteiger partial charge in [-0.3, -0.25) is 9.69 Å². The number of Topliss-reactive ketones (excluding diaryl/α,β-unsaturated/α-hetero) is 1. The van der Waals surface area contributed by atoms with Crippen molar-refractivity contribution in [3.63, 3.8) is 0 Å². The third kappa shape index (κ3) is 2.49. The number of fused-ring (bicyclic) bond motifs is 2. The van der Waals surface area contributed by atoms with E-state index in [9.17, 15) is 4.79 Å². The van der Waals surface area contributed by atoms with E-state index in [-0.39, 0.29) is 11.9 Å². The van der Waals surface area contributed by atoms with Crippen molar-refractivity contribution in [1.82, 2.24) is 14.9 Å². The molecule has 1 aromatic heterocycles. The third-order valence-electron chi connectivity index (χ3n) is 4.93. The van der Waals surface area contributed by atoms with E-state index in [1.54, 1.807) is 6.20 Å². The average molecular weight is 287 g/mol. The first-order chi connectivity index (χ1) is 10.3. The maximum Gasteiger partial charge on any atom is 0.166 e. The number of hydrogen-bond donors (Lipinski definition) is 0. The number of carbonyl (C=O) groups is 1. The summed E-state index contributed by atoms with van der Waals surface area (Å²) in [6, 6.07) is 0.587. The van der Waals surface area contributed by atoms with Crippen molar-refractivity contribution in [1.29, 1.82) is 0 Å². The minimum Gasteiger partial charge on any atom is -0.367 e. The van der Waals surface area contributed by atoms with Gasteiger partial charge >= 0.3 is 0 Å². The van der Waals surface area contributed by atoms with Gasteiger partial charge in [-0.2, -0.15) is 0 Å². The van der Waals surface area contributed by atoms with Crippen molar-refractivity contribution < 1.29 is 9.53 Å². The van der Waals surface area contributed by atoms with Crippen LogP contribution in [0.25, 0.3) is 0 Å². The number of aryl methyl sites for hydroxylation is 1. The molecule has 1 aromatic rings. The molecule has 2 atom stereocenters. The minimum absolute atomic E-state index is 0.0389. The quantitative estimate of drug-likeness (QED) is 0.739. The molecule has 0 amide bonds. The Morgan fingerprint density at radius 2 is 2.14 bits per heavy atom. The maximum atomic E-state index is 12.0. The Bertz CT molecular complexity index is 560. The number of morpholine rings is 1. The van der Waals surface area contributed by atoms with E-state index in [0.29, 0.717) is 12.5 Å². The van der Waals surface area contributed by atoms with Crippen molar-refractivity contribution in [2.75, 3.05) is 19.7 Å². The van der Waals surface area contributed by atoms with Gasteiger partial charge in [0, 0.05) is 25.2 Å². The normalized spacial score (nSPS) is 29.8. The molecule has 0 bridgehead atoms. The van der Waals surface area contributed by atoms with Crippen molar-refractivity contribution >= 4 is 5.78 Å². The van der Waals surface area contributed by atoms with Crippen LogP contribution >= 0.6 is 0 Å². The van der Waals surface area contributed by atoms with E-state index in [1.165, 1.54) is 12.8 Å². The molecule has 2 fully saturated rings. The zero-order valence-electron chi connectivity index (χ0n) is 12.3. The molecule has 3 heterocycles. The smallest absolute Gasteiger partial charge is 0.166 e. The summed E-state index contributed by atoms with van der Waals surface area (Å²) in [6.07, 6.45) is 7.70. The van der Waals surface area contributed by atoms with Crippen LogP contribution < -0.4 is 0 Å². The van der Waals surface area contributed by atoms with Gasteiger partial charge in [0.25, 0.3) is 0 Å². The van der Waals surface area contributed by atoms with Gasteiger partial charge in [0.1, 0.15) is 6.10 Å². The van der Waals surface area contributed by atoms with E-state index in [1.807, 2.05) is 0 Å². The van der Waals surface area contributed by atoms with Gasteiger partial charge in [-0.05, 0) is 38.6 Å². The molecule has 0 radical (unpaired) electrons. The first-order valence-corrected chi connectivity index (χ1v) is 8.06. The van der Waals surface area contributed by atoms with Crippen LogP contribution in [0.5, 0.6) is 0 Å². The van der Waals surface area contributed by atoms with Crippen LogP contribution in [-0.4, -0.2) is 46.4 Å². The molecule has 2 unspecified atom stereocenters. The van der Waals surface area contributed by atoms with Crippen LogP contribution in [0, 0.1) is 0 Å². The predicted octanol–water partition coefficient (Wildman–Crippen LogP) is 1.92. The lowest BCUT2D eigenvalue weighted by atomic mass is 10.1. The van der Waals surface area contributed by atoms with Gasteiger partial charge < -0.3 is 4.74 Å². The Labute approximate surface area is 124 Å². The van der Waals surface area contributed by atoms with Crippen molar-refractivity contribution in [3.8, 4) is 0 Å². The minimum atomic E-state index is -0.0389. The molecule has 5 nitrogen and oxygen atoms in total. The van der Waals surface area contributed by atoms with Crippen LogP contribution in [0.3, 0.4) is 0 Å². The molecule has 5 heteroatoms. The predicted molar refractivity (Wildman–Crippen MR) is 77.2 cm³/mol. The van der Waals surface area contributed by atoms with Crippen LogP contribution in [0.4, 0.5) is 0 Å². The fourth-order valence-corrected chi connectivity index (χ4v) is 3.70. The van der Waals surface area contributed by atoms with Gasteiger partial charge in [-0.25, -0.2) is 9.97 Å². The molecule has 21 heavy (non-hydrogen) atoms. The molecule has 2 saturated heterocycles. The van der Waals surface area contributed by atoms with E-state index in [0.717, 1.165) is 56.0 Å². The fourth-order valence-electron chi connectivity index (χ4n) is 3.70. The first kappa shape index (κ1) is 13.3. The van der Waals surface area contributed by atoms with Gasteiger partial charge in [0.2, 0.25) is 0 Å². The molecular weight excluding hydrogens is 266 g/mol. The second-order valence-electron chi connectivity index (χ2n) is 6.33. The molecule has 2 aliphatic heterocycles. The molecule has 4 rings (SSSR count). The summed E-state index contributed by atoms with van der Waals surface area (Å²) in [6.45, 7) is 2.83. The number of ketones is 1. The summed E-state index contributed by atoms with van der Waals surface area (Å²) in [7, 11) is 0. The largest absolute Gasteiger partial charge is 0.367 e. The van der Waals surface area contributed by atoms with Gasteiger partial charge in [-0.15, -0.1) is 0 Å². The second kappa shape index (κ2) is 5.46. The van der Waals surface area contributed by atoms with Gasteiger partial charge in [0.05, 0.1) is 17.9 Å². The second-order valence-corrected chi connectivity index (χ2v) is 6.33. The van der Waals surface area contributed by atoms with E-state index in [2.05, 4.69) is 14.9 Å². The number of carbonyl (C=O) groups excluding carboxylic acids is 1. The molecule has 1 aliphatic carbocycles. The van der Waals surface area contributed by atoms with Crippen molar-refractivity contribution in [2.45, 2.75) is 50.7 Å². The Morgan fingerprint density at radius 1 is 1.24 bits per heavy atom. The summed E-state index contributed by atoms with van der Waals surface area (Å²) >= 11 is 0. The van der Waals surface area contributed by atoms with E-state index >= 15 is 0 Å². The SMILES string of the molecule is O=C1CCCCc2nc(C3CN4CCCC4CO3)ncc21. The van der Waals surface area contributed by atoms with Crippen LogP contribution in [0.1, 0.15) is 60.1 Å². The lowest BCUT2D eigenvalue weighted by Crippen LogP contribution is -2.42. The lowest BCUT2D eigenvalue weighted by Gasteiger charge is -2.34. The monoisotopic (exact) mass is 287 g/mol. The summed E-state index contributed by atoms with van der Waals surface area (Å²) in [4.78, 5) is 23.6. The standard InChI is InChI=1S/C16H21N3O2/c20-14-6-2-1-5-13-12(14)8-17-16(18-13)15-9-19-7-3-4-11(19)10-21-15/h8,11,15H,1-7,9-10H2. The van der Waals surface area contributed by atoms with Crippen LogP contribution in [-0.2, 0) is 11.2 Å². The number of hydrogen-bond acceptors (Lipinski definition) is 5. The zero-order valence-corrected chi connectivity index (χ0v) is 12.3. The molecular formula is C16H21N3O2. The highest BCUT2D eigenvalue weighted by atomic mass is 16.5.